The number of furan rings is 1. The lowest BCUT2D eigenvalue weighted by molar-refractivity contribution is -0.137. The van der Waals surface area contributed by atoms with E-state index in [9.17, 15) is 13.2 Å². The van der Waals surface area contributed by atoms with Crippen LogP contribution in [0.25, 0.3) is 22.6 Å². The van der Waals surface area contributed by atoms with E-state index in [1.54, 1.807) is 12.1 Å². The molecule has 22 heavy (non-hydrogen) atoms. The second-order valence-electron chi connectivity index (χ2n) is 5.24. The van der Waals surface area contributed by atoms with Gasteiger partial charge in [-0.25, -0.2) is 4.98 Å². The van der Waals surface area contributed by atoms with E-state index in [2.05, 4.69) is 4.98 Å². The number of benzene rings is 1. The van der Waals surface area contributed by atoms with Gasteiger partial charge in [0.25, 0.3) is 0 Å². The third-order valence-corrected chi connectivity index (χ3v) is 3.79. The summed E-state index contributed by atoms with van der Waals surface area (Å²) in [7, 11) is 0. The average Bonchev–Trinajstić information content (AvgIpc) is 3.11. The maximum atomic E-state index is 12.9. The predicted molar refractivity (Wildman–Crippen MR) is 77.4 cm³/mol. The quantitative estimate of drug-likeness (QED) is 0.658. The molecule has 0 aliphatic heterocycles. The van der Waals surface area contributed by atoms with Crippen LogP contribution in [0.15, 0.2) is 41.0 Å². The molecule has 0 aliphatic carbocycles. The summed E-state index contributed by atoms with van der Waals surface area (Å²) in [6.45, 7) is 4.03. The highest BCUT2D eigenvalue weighted by Crippen LogP contribution is 2.34. The van der Waals surface area contributed by atoms with Crippen molar-refractivity contribution in [1.82, 2.24) is 9.55 Å². The van der Waals surface area contributed by atoms with E-state index >= 15 is 0 Å². The van der Waals surface area contributed by atoms with E-state index in [0.29, 0.717) is 22.6 Å². The Morgan fingerprint density at radius 1 is 1.27 bits per heavy atom. The molecule has 0 spiro atoms. The van der Waals surface area contributed by atoms with Crippen LogP contribution in [0.1, 0.15) is 31.9 Å². The minimum Gasteiger partial charge on any atom is -0.461 e. The van der Waals surface area contributed by atoms with Crippen LogP contribution in [0, 0.1) is 0 Å². The molecule has 3 nitrogen and oxygen atoms in total. The van der Waals surface area contributed by atoms with Gasteiger partial charge in [-0.15, -0.1) is 0 Å². The van der Waals surface area contributed by atoms with Crippen molar-refractivity contribution in [3.05, 3.63) is 42.2 Å². The van der Waals surface area contributed by atoms with E-state index in [0.717, 1.165) is 18.6 Å². The molecule has 3 rings (SSSR count). The first-order valence-electron chi connectivity index (χ1n) is 7.05. The summed E-state index contributed by atoms with van der Waals surface area (Å²) in [4.78, 5) is 4.37. The molecule has 0 radical (unpaired) electrons. The number of imidazole rings is 1. The van der Waals surface area contributed by atoms with Crippen LogP contribution in [-0.2, 0) is 6.18 Å². The molecule has 3 aromatic rings. The lowest BCUT2D eigenvalue weighted by Gasteiger charge is -2.15. The third-order valence-electron chi connectivity index (χ3n) is 3.79. The summed E-state index contributed by atoms with van der Waals surface area (Å²) in [6.07, 6.45) is -2.02. The zero-order chi connectivity index (χ0) is 15.9. The Labute approximate surface area is 125 Å². The van der Waals surface area contributed by atoms with Crippen molar-refractivity contribution in [3.63, 3.8) is 0 Å². The van der Waals surface area contributed by atoms with Gasteiger partial charge in [0, 0.05) is 6.04 Å². The number of alkyl halides is 3. The first-order valence-corrected chi connectivity index (χ1v) is 7.05. The van der Waals surface area contributed by atoms with Crippen LogP contribution in [0.5, 0.6) is 0 Å². The Kier molecular flexibility index (Phi) is 3.47. The number of aromatic nitrogens is 2. The monoisotopic (exact) mass is 308 g/mol. The van der Waals surface area contributed by atoms with Crippen molar-refractivity contribution < 1.29 is 17.6 Å². The summed E-state index contributed by atoms with van der Waals surface area (Å²) in [5.41, 5.74) is 0.301. The predicted octanol–water partition coefficient (Wildman–Crippen LogP) is 5.29. The average molecular weight is 308 g/mol. The second kappa shape index (κ2) is 5.19. The normalized spacial score (nSPS) is 13.7. The standard InChI is InChI=1S/C16H15F3N2O/c1-3-10(2)21-13-7-6-11(16(17,18)19)9-12(13)20-15(21)14-5-4-8-22-14/h4-10H,3H2,1-2H3. The first kappa shape index (κ1) is 14.7. The van der Waals surface area contributed by atoms with Gasteiger partial charge >= 0.3 is 6.18 Å². The van der Waals surface area contributed by atoms with Gasteiger partial charge in [-0.05, 0) is 43.7 Å². The SMILES string of the molecule is CCC(C)n1c(-c2ccco2)nc2cc(C(F)(F)F)ccc21. The van der Waals surface area contributed by atoms with Crippen molar-refractivity contribution in [1.29, 1.82) is 0 Å². The highest BCUT2D eigenvalue weighted by atomic mass is 19.4. The molecule has 0 bridgehead atoms. The highest BCUT2D eigenvalue weighted by Gasteiger charge is 2.31. The van der Waals surface area contributed by atoms with E-state index in [4.69, 9.17) is 4.42 Å². The van der Waals surface area contributed by atoms with Gasteiger partial charge in [0.1, 0.15) is 0 Å². The van der Waals surface area contributed by atoms with Gasteiger partial charge < -0.3 is 8.98 Å². The van der Waals surface area contributed by atoms with E-state index in [1.807, 2.05) is 18.4 Å². The molecule has 1 atom stereocenters. The fraction of sp³-hybridized carbons (Fsp3) is 0.312. The molecule has 2 aromatic heterocycles. The van der Waals surface area contributed by atoms with Crippen LogP contribution < -0.4 is 0 Å². The largest absolute Gasteiger partial charge is 0.461 e. The highest BCUT2D eigenvalue weighted by molar-refractivity contribution is 5.81. The summed E-state index contributed by atoms with van der Waals surface area (Å²) >= 11 is 0. The molecule has 0 saturated heterocycles. The number of nitrogens with zero attached hydrogens (tertiary/aromatic N) is 2. The van der Waals surface area contributed by atoms with Crippen molar-refractivity contribution in [2.75, 3.05) is 0 Å². The minimum absolute atomic E-state index is 0.0989. The van der Waals surface area contributed by atoms with Gasteiger partial charge in [-0.1, -0.05) is 6.92 Å². The third kappa shape index (κ3) is 2.38. The zero-order valence-corrected chi connectivity index (χ0v) is 12.2. The number of fused-ring (bicyclic) bond motifs is 1. The fourth-order valence-electron chi connectivity index (χ4n) is 2.48. The van der Waals surface area contributed by atoms with E-state index in [-0.39, 0.29) is 6.04 Å². The number of hydrogen-bond donors (Lipinski definition) is 0. The van der Waals surface area contributed by atoms with Crippen molar-refractivity contribution >= 4 is 11.0 Å². The van der Waals surface area contributed by atoms with Gasteiger partial charge in [-0.3, -0.25) is 0 Å². The Morgan fingerprint density at radius 3 is 2.64 bits per heavy atom. The van der Waals surface area contributed by atoms with Gasteiger partial charge in [0.05, 0.1) is 22.9 Å². The Morgan fingerprint density at radius 2 is 2.05 bits per heavy atom. The number of rotatable bonds is 3. The van der Waals surface area contributed by atoms with Crippen LogP contribution >= 0.6 is 0 Å². The summed E-state index contributed by atoms with van der Waals surface area (Å²) < 4.78 is 45.9. The van der Waals surface area contributed by atoms with Gasteiger partial charge in [0.2, 0.25) is 0 Å². The Hall–Kier alpha value is -2.24. The summed E-state index contributed by atoms with van der Waals surface area (Å²) in [6, 6.07) is 7.24. The molecule has 6 heteroatoms. The fourth-order valence-corrected chi connectivity index (χ4v) is 2.48. The summed E-state index contributed by atoms with van der Waals surface area (Å²) in [5.74, 6) is 1.10. The lowest BCUT2D eigenvalue weighted by Crippen LogP contribution is -2.06. The van der Waals surface area contributed by atoms with Crippen molar-refractivity contribution in [2.24, 2.45) is 0 Å². The maximum Gasteiger partial charge on any atom is 0.416 e. The van der Waals surface area contributed by atoms with E-state index < -0.39 is 11.7 Å². The van der Waals surface area contributed by atoms with Crippen molar-refractivity contribution in [3.8, 4) is 11.6 Å². The molecule has 0 fully saturated rings. The van der Waals surface area contributed by atoms with Gasteiger partial charge in [-0.2, -0.15) is 13.2 Å². The molecule has 2 heterocycles. The lowest BCUT2D eigenvalue weighted by atomic mass is 10.2. The summed E-state index contributed by atoms with van der Waals surface area (Å²) in [5, 5.41) is 0. The Balaban J connectivity index is 2.26. The molecular weight excluding hydrogens is 293 g/mol. The van der Waals surface area contributed by atoms with Crippen molar-refractivity contribution in [2.45, 2.75) is 32.5 Å². The smallest absolute Gasteiger partial charge is 0.416 e. The maximum absolute atomic E-state index is 12.9. The van der Waals surface area contributed by atoms with Crippen LogP contribution in [0.3, 0.4) is 0 Å². The molecule has 1 aromatic carbocycles. The van der Waals surface area contributed by atoms with E-state index in [1.165, 1.54) is 12.3 Å². The molecule has 116 valence electrons. The van der Waals surface area contributed by atoms with Crippen LogP contribution in [0.4, 0.5) is 13.2 Å². The molecule has 1 unspecified atom stereocenters. The molecule has 0 saturated carbocycles. The molecule has 0 amide bonds. The Bertz CT molecular complexity index is 788. The number of halogens is 3. The molecular formula is C16H15F3N2O. The van der Waals surface area contributed by atoms with Crippen LogP contribution in [0.2, 0.25) is 0 Å². The molecule has 0 N–H and O–H groups in total. The number of hydrogen-bond acceptors (Lipinski definition) is 2. The first-order chi connectivity index (χ1) is 10.4. The topological polar surface area (TPSA) is 31.0 Å². The second-order valence-corrected chi connectivity index (χ2v) is 5.24. The van der Waals surface area contributed by atoms with Crippen LogP contribution in [-0.4, -0.2) is 9.55 Å². The molecule has 0 aliphatic rings. The minimum atomic E-state index is -4.38. The zero-order valence-electron chi connectivity index (χ0n) is 12.2. The van der Waals surface area contributed by atoms with Gasteiger partial charge in [0.15, 0.2) is 11.6 Å².